The largest absolute Gasteiger partial charge is 0.493 e. The highest BCUT2D eigenvalue weighted by Gasteiger charge is 2.23. The normalized spacial score (nSPS) is 18.9. The maximum Gasteiger partial charge on any atom is 0.122 e. The van der Waals surface area contributed by atoms with Crippen LogP contribution in [0.3, 0.4) is 0 Å². The summed E-state index contributed by atoms with van der Waals surface area (Å²) in [6.45, 7) is 0.805. The first-order valence-electron chi connectivity index (χ1n) is 7.34. The molecule has 0 aromatic heterocycles. The number of rotatable bonds is 4. The average molecular weight is 267 g/mol. The van der Waals surface area contributed by atoms with Crippen molar-refractivity contribution in [2.75, 3.05) is 6.61 Å². The van der Waals surface area contributed by atoms with Crippen LogP contribution in [0.15, 0.2) is 54.6 Å². The van der Waals surface area contributed by atoms with Crippen LogP contribution in [0.5, 0.6) is 5.75 Å². The SMILES string of the molecule is NC(Cc1ccccc1)CC1CCOc2ccccc21. The fraction of sp³-hybridized carbons (Fsp3) is 0.333. The fourth-order valence-corrected chi connectivity index (χ4v) is 3.03. The molecule has 2 aromatic carbocycles. The van der Waals surface area contributed by atoms with Crippen LogP contribution in [-0.2, 0) is 6.42 Å². The van der Waals surface area contributed by atoms with Crippen molar-refractivity contribution in [3.05, 3.63) is 65.7 Å². The van der Waals surface area contributed by atoms with Gasteiger partial charge in [0.05, 0.1) is 6.61 Å². The molecule has 2 unspecified atom stereocenters. The van der Waals surface area contributed by atoms with Crippen molar-refractivity contribution in [2.24, 2.45) is 5.73 Å². The molecule has 2 nitrogen and oxygen atoms in total. The highest BCUT2D eigenvalue weighted by molar-refractivity contribution is 5.37. The Labute approximate surface area is 120 Å². The summed E-state index contributed by atoms with van der Waals surface area (Å²) in [5.74, 6) is 1.56. The summed E-state index contributed by atoms with van der Waals surface area (Å²) >= 11 is 0. The van der Waals surface area contributed by atoms with Gasteiger partial charge >= 0.3 is 0 Å². The topological polar surface area (TPSA) is 35.2 Å². The monoisotopic (exact) mass is 267 g/mol. The van der Waals surface area contributed by atoms with Crippen molar-refractivity contribution in [3.63, 3.8) is 0 Å². The van der Waals surface area contributed by atoms with Crippen molar-refractivity contribution in [3.8, 4) is 5.75 Å². The molecule has 1 aliphatic rings. The molecule has 0 saturated heterocycles. The van der Waals surface area contributed by atoms with E-state index in [1.165, 1.54) is 11.1 Å². The van der Waals surface area contributed by atoms with Gasteiger partial charge in [-0.3, -0.25) is 0 Å². The number of ether oxygens (including phenoxy) is 1. The smallest absolute Gasteiger partial charge is 0.122 e. The molecule has 0 aliphatic carbocycles. The first-order chi connectivity index (χ1) is 9.83. The second-order valence-corrected chi connectivity index (χ2v) is 5.56. The Balaban J connectivity index is 1.66. The lowest BCUT2D eigenvalue weighted by atomic mass is 9.86. The molecular weight excluding hydrogens is 246 g/mol. The lowest BCUT2D eigenvalue weighted by Gasteiger charge is -2.28. The van der Waals surface area contributed by atoms with Crippen molar-refractivity contribution in [2.45, 2.75) is 31.2 Å². The molecule has 20 heavy (non-hydrogen) atoms. The minimum absolute atomic E-state index is 0.202. The molecular formula is C18H21NO. The summed E-state index contributed by atoms with van der Waals surface area (Å²) in [6, 6.07) is 19.1. The average Bonchev–Trinajstić information content (AvgIpc) is 2.48. The van der Waals surface area contributed by atoms with E-state index in [1.54, 1.807) is 0 Å². The van der Waals surface area contributed by atoms with Gasteiger partial charge in [-0.25, -0.2) is 0 Å². The van der Waals surface area contributed by atoms with E-state index in [1.807, 2.05) is 12.1 Å². The van der Waals surface area contributed by atoms with Crippen LogP contribution < -0.4 is 10.5 Å². The number of hydrogen-bond acceptors (Lipinski definition) is 2. The highest BCUT2D eigenvalue weighted by Crippen LogP contribution is 2.36. The van der Waals surface area contributed by atoms with Gasteiger partial charge in [-0.1, -0.05) is 48.5 Å². The molecule has 0 radical (unpaired) electrons. The van der Waals surface area contributed by atoms with E-state index in [9.17, 15) is 0 Å². The van der Waals surface area contributed by atoms with Crippen LogP contribution in [-0.4, -0.2) is 12.6 Å². The zero-order chi connectivity index (χ0) is 13.8. The van der Waals surface area contributed by atoms with E-state index >= 15 is 0 Å². The fourth-order valence-electron chi connectivity index (χ4n) is 3.03. The molecule has 2 N–H and O–H groups in total. The third-order valence-electron chi connectivity index (χ3n) is 4.01. The van der Waals surface area contributed by atoms with E-state index < -0.39 is 0 Å². The van der Waals surface area contributed by atoms with E-state index in [2.05, 4.69) is 42.5 Å². The summed E-state index contributed by atoms with van der Waals surface area (Å²) in [7, 11) is 0. The van der Waals surface area contributed by atoms with Gasteiger partial charge in [-0.2, -0.15) is 0 Å². The minimum Gasteiger partial charge on any atom is -0.493 e. The second-order valence-electron chi connectivity index (χ2n) is 5.56. The van der Waals surface area contributed by atoms with Gasteiger partial charge in [0.15, 0.2) is 0 Å². The molecule has 0 saturated carbocycles. The molecule has 3 rings (SSSR count). The zero-order valence-electron chi connectivity index (χ0n) is 11.7. The lowest BCUT2D eigenvalue weighted by Crippen LogP contribution is -2.27. The highest BCUT2D eigenvalue weighted by atomic mass is 16.5. The Morgan fingerprint density at radius 1 is 1.05 bits per heavy atom. The Morgan fingerprint density at radius 2 is 1.80 bits per heavy atom. The van der Waals surface area contributed by atoms with Gasteiger partial charge < -0.3 is 10.5 Å². The molecule has 1 aliphatic heterocycles. The van der Waals surface area contributed by atoms with Gasteiger partial charge in [0.1, 0.15) is 5.75 Å². The quantitative estimate of drug-likeness (QED) is 0.920. The Kier molecular flexibility index (Phi) is 4.03. The molecule has 0 fully saturated rings. The van der Waals surface area contributed by atoms with Gasteiger partial charge in [0.2, 0.25) is 0 Å². The van der Waals surface area contributed by atoms with E-state index in [-0.39, 0.29) is 6.04 Å². The third-order valence-corrected chi connectivity index (χ3v) is 4.01. The third kappa shape index (κ3) is 3.02. The first kappa shape index (κ1) is 13.2. The summed E-state index contributed by atoms with van der Waals surface area (Å²) in [6.07, 6.45) is 3.04. The molecule has 104 valence electrons. The number of fused-ring (bicyclic) bond motifs is 1. The van der Waals surface area contributed by atoms with Gasteiger partial charge in [-0.15, -0.1) is 0 Å². The summed E-state index contributed by atoms with van der Waals surface area (Å²) < 4.78 is 5.71. The molecule has 0 spiro atoms. The maximum absolute atomic E-state index is 6.35. The zero-order valence-corrected chi connectivity index (χ0v) is 11.7. The van der Waals surface area contributed by atoms with Gasteiger partial charge in [0, 0.05) is 6.04 Å². The molecule has 1 heterocycles. The van der Waals surface area contributed by atoms with Gasteiger partial charge in [-0.05, 0) is 42.4 Å². The first-order valence-corrected chi connectivity index (χ1v) is 7.34. The molecule has 0 bridgehead atoms. The summed E-state index contributed by atoms with van der Waals surface area (Å²) in [4.78, 5) is 0. The van der Waals surface area contributed by atoms with Crippen LogP contribution in [0.1, 0.15) is 29.9 Å². The Bertz CT molecular complexity index is 552. The minimum atomic E-state index is 0.202. The number of hydrogen-bond donors (Lipinski definition) is 1. The van der Waals surface area contributed by atoms with Crippen LogP contribution in [0.4, 0.5) is 0 Å². The van der Waals surface area contributed by atoms with Crippen LogP contribution in [0.25, 0.3) is 0 Å². The van der Waals surface area contributed by atoms with Crippen molar-refractivity contribution in [1.29, 1.82) is 0 Å². The van der Waals surface area contributed by atoms with E-state index in [0.29, 0.717) is 5.92 Å². The standard InChI is InChI=1S/C18H21NO/c19-16(12-14-6-2-1-3-7-14)13-15-10-11-20-18-9-5-4-8-17(15)18/h1-9,15-16H,10-13,19H2. The molecule has 0 amide bonds. The van der Waals surface area contributed by atoms with Crippen LogP contribution in [0.2, 0.25) is 0 Å². The van der Waals surface area contributed by atoms with Crippen molar-refractivity contribution < 1.29 is 4.74 Å². The molecule has 2 aromatic rings. The molecule has 2 heteroatoms. The second kappa shape index (κ2) is 6.10. The van der Waals surface area contributed by atoms with Crippen molar-refractivity contribution >= 4 is 0 Å². The number of benzene rings is 2. The summed E-state index contributed by atoms with van der Waals surface area (Å²) in [5, 5.41) is 0. The van der Waals surface area contributed by atoms with Crippen LogP contribution in [0, 0.1) is 0 Å². The number of nitrogens with two attached hydrogens (primary N) is 1. The number of para-hydroxylation sites is 1. The Morgan fingerprint density at radius 3 is 2.65 bits per heavy atom. The predicted octanol–water partition coefficient (Wildman–Crippen LogP) is 3.51. The van der Waals surface area contributed by atoms with E-state index in [0.717, 1.165) is 31.6 Å². The lowest BCUT2D eigenvalue weighted by molar-refractivity contribution is 0.259. The van der Waals surface area contributed by atoms with Crippen LogP contribution >= 0.6 is 0 Å². The predicted molar refractivity (Wildman–Crippen MR) is 82.0 cm³/mol. The molecule has 2 atom stereocenters. The Hall–Kier alpha value is -1.80. The maximum atomic E-state index is 6.35. The van der Waals surface area contributed by atoms with Gasteiger partial charge in [0.25, 0.3) is 0 Å². The summed E-state index contributed by atoms with van der Waals surface area (Å²) in [5.41, 5.74) is 8.99. The van der Waals surface area contributed by atoms with Crippen molar-refractivity contribution in [1.82, 2.24) is 0 Å². The van der Waals surface area contributed by atoms with E-state index in [4.69, 9.17) is 10.5 Å².